The first kappa shape index (κ1) is 21.4. The van der Waals surface area contributed by atoms with Crippen LogP contribution in [0, 0.1) is 0 Å². The summed E-state index contributed by atoms with van der Waals surface area (Å²) < 4.78 is 0. The standard InChI is InChI=1S/C24H29ClN2O2/c1-18(24(29)26-22-13-6-3-7-14-22)27(17-20-11-8-12-21(25)15-20)23(28)16-19-9-4-2-5-10-19/h2,4-5,8-12,15,18,22H,3,6-7,13-14,16-17H2,1H3,(H,26,29)/t18-/m1/s1. The van der Waals surface area contributed by atoms with E-state index in [2.05, 4.69) is 5.32 Å². The maximum absolute atomic E-state index is 13.2. The molecule has 0 radical (unpaired) electrons. The summed E-state index contributed by atoms with van der Waals surface area (Å²) >= 11 is 6.13. The van der Waals surface area contributed by atoms with Crippen LogP contribution in [0.1, 0.15) is 50.2 Å². The van der Waals surface area contributed by atoms with Crippen LogP contribution >= 0.6 is 11.6 Å². The molecule has 2 aromatic rings. The lowest BCUT2D eigenvalue weighted by Gasteiger charge is -2.31. The van der Waals surface area contributed by atoms with Crippen molar-refractivity contribution >= 4 is 23.4 Å². The average Bonchev–Trinajstić information content (AvgIpc) is 2.73. The molecule has 0 heterocycles. The number of amides is 2. The third kappa shape index (κ3) is 6.33. The highest BCUT2D eigenvalue weighted by molar-refractivity contribution is 6.30. The first-order valence-corrected chi connectivity index (χ1v) is 10.8. The second-order valence-corrected chi connectivity index (χ2v) is 8.27. The maximum Gasteiger partial charge on any atom is 0.242 e. The zero-order chi connectivity index (χ0) is 20.6. The fourth-order valence-corrected chi connectivity index (χ4v) is 4.07. The highest BCUT2D eigenvalue weighted by atomic mass is 35.5. The van der Waals surface area contributed by atoms with Crippen LogP contribution in [0.25, 0.3) is 0 Å². The van der Waals surface area contributed by atoms with Crippen LogP contribution in [0.15, 0.2) is 54.6 Å². The van der Waals surface area contributed by atoms with E-state index in [1.807, 2.05) is 55.5 Å². The minimum absolute atomic E-state index is 0.0672. The molecular weight excluding hydrogens is 384 g/mol. The Balaban J connectivity index is 1.74. The third-order valence-electron chi connectivity index (χ3n) is 5.56. The summed E-state index contributed by atoms with van der Waals surface area (Å²) in [5.74, 6) is -0.150. The van der Waals surface area contributed by atoms with Gasteiger partial charge in [-0.25, -0.2) is 0 Å². The van der Waals surface area contributed by atoms with E-state index in [9.17, 15) is 9.59 Å². The van der Waals surface area contributed by atoms with Crippen molar-refractivity contribution in [1.82, 2.24) is 10.2 Å². The molecule has 5 heteroatoms. The third-order valence-corrected chi connectivity index (χ3v) is 5.79. The van der Waals surface area contributed by atoms with E-state index in [-0.39, 0.29) is 24.3 Å². The summed E-state index contributed by atoms with van der Waals surface area (Å²) in [6.07, 6.45) is 5.84. The van der Waals surface area contributed by atoms with Gasteiger partial charge < -0.3 is 10.2 Å². The Morgan fingerprint density at radius 1 is 1.03 bits per heavy atom. The Bertz CT molecular complexity index is 819. The Morgan fingerprint density at radius 2 is 1.72 bits per heavy atom. The zero-order valence-electron chi connectivity index (χ0n) is 16.9. The van der Waals surface area contributed by atoms with Crippen molar-refractivity contribution in [2.75, 3.05) is 0 Å². The molecule has 0 spiro atoms. The van der Waals surface area contributed by atoms with Gasteiger partial charge in [0.15, 0.2) is 0 Å². The molecule has 2 aromatic carbocycles. The molecule has 154 valence electrons. The summed E-state index contributed by atoms with van der Waals surface area (Å²) in [5.41, 5.74) is 1.85. The highest BCUT2D eigenvalue weighted by Crippen LogP contribution is 2.19. The van der Waals surface area contributed by atoms with Gasteiger partial charge >= 0.3 is 0 Å². The SMILES string of the molecule is C[C@H](C(=O)NC1CCCCC1)N(Cc1cccc(Cl)c1)C(=O)Cc1ccccc1. The molecule has 0 aliphatic heterocycles. The van der Waals surface area contributed by atoms with Crippen molar-refractivity contribution in [3.63, 3.8) is 0 Å². The van der Waals surface area contributed by atoms with Gasteiger partial charge in [-0.2, -0.15) is 0 Å². The van der Waals surface area contributed by atoms with Gasteiger partial charge in [0.2, 0.25) is 11.8 Å². The maximum atomic E-state index is 13.2. The van der Waals surface area contributed by atoms with Crippen LogP contribution in [-0.2, 0) is 22.6 Å². The van der Waals surface area contributed by atoms with Gasteiger partial charge in [0, 0.05) is 17.6 Å². The number of rotatable bonds is 7. The molecule has 0 unspecified atom stereocenters. The van der Waals surface area contributed by atoms with Crippen LogP contribution in [0.3, 0.4) is 0 Å². The van der Waals surface area contributed by atoms with Gasteiger partial charge in [0.25, 0.3) is 0 Å². The fourth-order valence-electron chi connectivity index (χ4n) is 3.86. The van der Waals surface area contributed by atoms with Crippen molar-refractivity contribution < 1.29 is 9.59 Å². The van der Waals surface area contributed by atoms with E-state index in [0.717, 1.165) is 36.8 Å². The molecule has 1 fully saturated rings. The molecule has 0 saturated heterocycles. The summed E-state index contributed by atoms with van der Waals surface area (Å²) in [6.45, 7) is 2.16. The van der Waals surface area contributed by atoms with Crippen molar-refractivity contribution in [1.29, 1.82) is 0 Å². The normalized spacial score (nSPS) is 15.5. The molecule has 1 saturated carbocycles. The Hall–Kier alpha value is -2.33. The number of hydrogen-bond acceptors (Lipinski definition) is 2. The minimum Gasteiger partial charge on any atom is -0.352 e. The van der Waals surface area contributed by atoms with E-state index in [1.165, 1.54) is 6.42 Å². The first-order chi connectivity index (χ1) is 14.0. The molecule has 4 nitrogen and oxygen atoms in total. The highest BCUT2D eigenvalue weighted by Gasteiger charge is 2.28. The second kappa shape index (κ2) is 10.4. The van der Waals surface area contributed by atoms with Gasteiger partial charge in [-0.15, -0.1) is 0 Å². The van der Waals surface area contributed by atoms with Gasteiger partial charge in [-0.1, -0.05) is 73.3 Å². The first-order valence-electron chi connectivity index (χ1n) is 10.4. The molecule has 2 amide bonds. The molecule has 1 aliphatic rings. The van der Waals surface area contributed by atoms with Crippen molar-refractivity contribution in [3.8, 4) is 0 Å². The lowest BCUT2D eigenvalue weighted by atomic mass is 9.95. The molecule has 0 bridgehead atoms. The lowest BCUT2D eigenvalue weighted by Crippen LogP contribution is -2.50. The molecule has 1 N–H and O–H groups in total. The van der Waals surface area contributed by atoms with E-state index < -0.39 is 6.04 Å². The van der Waals surface area contributed by atoms with Crippen LogP contribution in [0.2, 0.25) is 5.02 Å². The van der Waals surface area contributed by atoms with Crippen molar-refractivity contribution in [3.05, 3.63) is 70.7 Å². The fraction of sp³-hybridized carbons (Fsp3) is 0.417. The predicted octanol–water partition coefficient (Wildman–Crippen LogP) is 4.75. The van der Waals surface area contributed by atoms with Gasteiger partial charge in [-0.05, 0) is 43.0 Å². The second-order valence-electron chi connectivity index (χ2n) is 7.83. The van der Waals surface area contributed by atoms with E-state index in [4.69, 9.17) is 11.6 Å². The monoisotopic (exact) mass is 412 g/mol. The number of benzene rings is 2. The summed E-state index contributed by atoms with van der Waals surface area (Å²) in [4.78, 5) is 27.8. The number of hydrogen-bond donors (Lipinski definition) is 1. The Kier molecular flexibility index (Phi) is 7.70. The lowest BCUT2D eigenvalue weighted by molar-refractivity contribution is -0.140. The smallest absolute Gasteiger partial charge is 0.242 e. The topological polar surface area (TPSA) is 49.4 Å². The number of nitrogens with one attached hydrogen (secondary N) is 1. The number of halogens is 1. The quantitative estimate of drug-likeness (QED) is 0.713. The molecule has 29 heavy (non-hydrogen) atoms. The summed E-state index contributed by atoms with van der Waals surface area (Å²) in [7, 11) is 0. The van der Waals surface area contributed by atoms with Crippen LogP contribution in [0.4, 0.5) is 0 Å². The zero-order valence-corrected chi connectivity index (χ0v) is 17.7. The Morgan fingerprint density at radius 3 is 2.41 bits per heavy atom. The summed E-state index contributed by atoms with van der Waals surface area (Å²) in [6, 6.07) is 16.7. The number of nitrogens with zero attached hydrogens (tertiary/aromatic N) is 1. The number of carbonyl (C=O) groups is 2. The predicted molar refractivity (Wildman–Crippen MR) is 117 cm³/mol. The largest absolute Gasteiger partial charge is 0.352 e. The molecule has 0 aromatic heterocycles. The molecule has 1 aliphatic carbocycles. The minimum atomic E-state index is -0.549. The molecule has 1 atom stereocenters. The van der Waals surface area contributed by atoms with Crippen LogP contribution in [0.5, 0.6) is 0 Å². The van der Waals surface area contributed by atoms with E-state index in [0.29, 0.717) is 11.6 Å². The van der Waals surface area contributed by atoms with Gasteiger partial charge in [0.1, 0.15) is 6.04 Å². The number of carbonyl (C=O) groups excluding carboxylic acids is 2. The summed E-state index contributed by atoms with van der Waals surface area (Å²) in [5, 5.41) is 3.78. The van der Waals surface area contributed by atoms with E-state index in [1.54, 1.807) is 11.0 Å². The van der Waals surface area contributed by atoms with Crippen LogP contribution < -0.4 is 5.32 Å². The van der Waals surface area contributed by atoms with Crippen LogP contribution in [-0.4, -0.2) is 28.8 Å². The van der Waals surface area contributed by atoms with Crippen molar-refractivity contribution in [2.24, 2.45) is 0 Å². The molecule has 3 rings (SSSR count). The van der Waals surface area contributed by atoms with Gasteiger partial charge in [-0.3, -0.25) is 9.59 Å². The Labute approximate surface area is 178 Å². The van der Waals surface area contributed by atoms with E-state index >= 15 is 0 Å². The average molecular weight is 413 g/mol. The van der Waals surface area contributed by atoms with Gasteiger partial charge in [0.05, 0.1) is 6.42 Å². The van der Waals surface area contributed by atoms with Crippen molar-refractivity contribution in [2.45, 2.75) is 64.1 Å². The molecular formula is C24H29ClN2O2.